The Labute approximate surface area is 141 Å². The Hall–Kier alpha value is -2.14. The summed E-state index contributed by atoms with van der Waals surface area (Å²) in [4.78, 5) is 11.7. The Morgan fingerprint density at radius 3 is 2.65 bits per heavy atom. The van der Waals surface area contributed by atoms with Crippen molar-refractivity contribution in [1.29, 1.82) is 0 Å². The molecule has 1 N–H and O–H groups in total. The van der Waals surface area contributed by atoms with Crippen LogP contribution in [-0.4, -0.2) is 31.9 Å². The molecule has 2 rings (SSSR count). The number of hydrogen-bond acceptors (Lipinski definition) is 4. The van der Waals surface area contributed by atoms with Crippen LogP contribution < -0.4 is 14.8 Å². The van der Waals surface area contributed by atoms with Crippen LogP contribution >= 0.6 is 11.8 Å². The van der Waals surface area contributed by atoms with Crippen molar-refractivity contribution in [2.75, 3.05) is 26.0 Å². The van der Waals surface area contributed by atoms with Gasteiger partial charge in [0, 0.05) is 11.8 Å². The van der Waals surface area contributed by atoms with E-state index >= 15 is 0 Å². The number of carbonyl (C=O) groups is 1. The normalized spacial score (nSPS) is 10.1. The molecule has 5 heteroatoms. The molecule has 0 aromatic heterocycles. The van der Waals surface area contributed by atoms with Crippen LogP contribution in [0.5, 0.6) is 11.5 Å². The predicted octanol–water partition coefficient (Wildman–Crippen LogP) is 3.12. The summed E-state index contributed by atoms with van der Waals surface area (Å²) in [7, 11) is 1.62. The third kappa shape index (κ3) is 6.65. The predicted molar refractivity (Wildman–Crippen MR) is 94.1 cm³/mol. The molecule has 0 aliphatic rings. The number of thioether (sulfide) groups is 1. The maximum absolute atomic E-state index is 11.7. The molecule has 2 aromatic rings. The standard InChI is InChI=1S/C18H21NO3S/c1-21-16-8-5-9-17(12-16)22-11-10-19-18(20)14-23-13-15-6-3-2-4-7-15/h2-9,12H,10-11,13-14H2,1H3,(H,19,20). The second-order valence-electron chi connectivity index (χ2n) is 4.86. The Kier molecular flexibility index (Phi) is 7.33. The molecule has 0 bridgehead atoms. The average molecular weight is 331 g/mol. The van der Waals surface area contributed by atoms with Crippen molar-refractivity contribution in [3.8, 4) is 11.5 Å². The number of nitrogens with one attached hydrogen (secondary N) is 1. The second-order valence-corrected chi connectivity index (χ2v) is 5.84. The first-order valence-electron chi connectivity index (χ1n) is 7.43. The van der Waals surface area contributed by atoms with Gasteiger partial charge in [0.05, 0.1) is 19.4 Å². The largest absolute Gasteiger partial charge is 0.497 e. The van der Waals surface area contributed by atoms with E-state index in [-0.39, 0.29) is 5.91 Å². The van der Waals surface area contributed by atoms with Crippen LogP contribution in [0.4, 0.5) is 0 Å². The van der Waals surface area contributed by atoms with Gasteiger partial charge in [-0.05, 0) is 17.7 Å². The van der Waals surface area contributed by atoms with Crippen molar-refractivity contribution < 1.29 is 14.3 Å². The zero-order valence-electron chi connectivity index (χ0n) is 13.2. The minimum atomic E-state index is 0.0279. The average Bonchev–Trinajstić information content (AvgIpc) is 2.60. The summed E-state index contributed by atoms with van der Waals surface area (Å²) < 4.78 is 10.7. The van der Waals surface area contributed by atoms with Crippen molar-refractivity contribution in [2.45, 2.75) is 5.75 Å². The highest BCUT2D eigenvalue weighted by atomic mass is 32.2. The molecule has 0 radical (unpaired) electrons. The second kappa shape index (κ2) is 9.79. The molecule has 0 unspecified atom stereocenters. The van der Waals surface area contributed by atoms with E-state index in [1.54, 1.807) is 18.9 Å². The summed E-state index contributed by atoms with van der Waals surface area (Å²) in [5.41, 5.74) is 1.23. The van der Waals surface area contributed by atoms with E-state index in [0.29, 0.717) is 18.9 Å². The van der Waals surface area contributed by atoms with Crippen LogP contribution in [0.15, 0.2) is 54.6 Å². The van der Waals surface area contributed by atoms with Crippen molar-refractivity contribution in [3.05, 3.63) is 60.2 Å². The minimum Gasteiger partial charge on any atom is -0.497 e. The van der Waals surface area contributed by atoms with E-state index < -0.39 is 0 Å². The van der Waals surface area contributed by atoms with Crippen LogP contribution in [-0.2, 0) is 10.5 Å². The number of ether oxygens (including phenoxy) is 2. The molecule has 0 aliphatic heterocycles. The monoisotopic (exact) mass is 331 g/mol. The van der Waals surface area contributed by atoms with Crippen molar-refractivity contribution in [1.82, 2.24) is 5.32 Å². The quantitative estimate of drug-likeness (QED) is 0.717. The first-order chi connectivity index (χ1) is 11.3. The molecule has 23 heavy (non-hydrogen) atoms. The molecule has 4 nitrogen and oxygen atoms in total. The zero-order chi connectivity index (χ0) is 16.3. The number of hydrogen-bond donors (Lipinski definition) is 1. The lowest BCUT2D eigenvalue weighted by Gasteiger charge is -2.09. The molecule has 0 saturated heterocycles. The maximum atomic E-state index is 11.7. The summed E-state index contributed by atoms with van der Waals surface area (Å²) in [5, 5.41) is 2.85. The van der Waals surface area contributed by atoms with Crippen LogP contribution in [0.2, 0.25) is 0 Å². The van der Waals surface area contributed by atoms with Gasteiger partial charge in [-0.2, -0.15) is 0 Å². The van der Waals surface area contributed by atoms with Gasteiger partial charge in [-0.1, -0.05) is 36.4 Å². The molecule has 1 amide bonds. The van der Waals surface area contributed by atoms with Crippen LogP contribution in [0.25, 0.3) is 0 Å². The molecular formula is C18H21NO3S. The molecule has 0 spiro atoms. The lowest BCUT2D eigenvalue weighted by atomic mass is 10.2. The van der Waals surface area contributed by atoms with E-state index in [4.69, 9.17) is 9.47 Å². The third-order valence-electron chi connectivity index (χ3n) is 3.08. The maximum Gasteiger partial charge on any atom is 0.230 e. The van der Waals surface area contributed by atoms with E-state index in [9.17, 15) is 4.79 Å². The number of amides is 1. The molecule has 122 valence electrons. The number of methoxy groups -OCH3 is 1. The van der Waals surface area contributed by atoms with Gasteiger partial charge in [0.15, 0.2) is 0 Å². The van der Waals surface area contributed by atoms with Crippen LogP contribution in [0.1, 0.15) is 5.56 Å². The Balaban J connectivity index is 1.57. The fraction of sp³-hybridized carbons (Fsp3) is 0.278. The first-order valence-corrected chi connectivity index (χ1v) is 8.58. The highest BCUT2D eigenvalue weighted by Gasteiger charge is 2.02. The number of carbonyl (C=O) groups excluding carboxylic acids is 1. The van der Waals surface area contributed by atoms with Gasteiger partial charge in [0.25, 0.3) is 0 Å². The van der Waals surface area contributed by atoms with Gasteiger partial charge in [0.2, 0.25) is 5.91 Å². The van der Waals surface area contributed by atoms with E-state index in [0.717, 1.165) is 17.3 Å². The van der Waals surface area contributed by atoms with Gasteiger partial charge >= 0.3 is 0 Å². The van der Waals surface area contributed by atoms with E-state index in [2.05, 4.69) is 17.4 Å². The molecule has 0 aliphatic carbocycles. The topological polar surface area (TPSA) is 47.6 Å². The fourth-order valence-electron chi connectivity index (χ4n) is 1.94. The van der Waals surface area contributed by atoms with Crippen LogP contribution in [0.3, 0.4) is 0 Å². The molecule has 0 atom stereocenters. The summed E-state index contributed by atoms with van der Waals surface area (Å²) in [6.07, 6.45) is 0. The van der Waals surface area contributed by atoms with Gasteiger partial charge < -0.3 is 14.8 Å². The Bertz CT molecular complexity index is 604. The number of benzene rings is 2. The van der Waals surface area contributed by atoms with Crippen molar-refractivity contribution in [2.24, 2.45) is 0 Å². The minimum absolute atomic E-state index is 0.0279. The van der Waals surface area contributed by atoms with Crippen molar-refractivity contribution >= 4 is 17.7 Å². The van der Waals surface area contributed by atoms with E-state index in [1.165, 1.54) is 5.56 Å². The molecule has 0 saturated carbocycles. The SMILES string of the molecule is COc1cccc(OCCNC(=O)CSCc2ccccc2)c1. The van der Waals surface area contributed by atoms with E-state index in [1.807, 2.05) is 42.5 Å². The third-order valence-corrected chi connectivity index (χ3v) is 4.08. The Morgan fingerprint density at radius 2 is 1.87 bits per heavy atom. The first kappa shape index (κ1) is 17.2. The van der Waals surface area contributed by atoms with Crippen molar-refractivity contribution in [3.63, 3.8) is 0 Å². The van der Waals surface area contributed by atoms with Gasteiger partial charge in [-0.15, -0.1) is 11.8 Å². The summed E-state index contributed by atoms with van der Waals surface area (Å²) in [5.74, 6) is 2.81. The summed E-state index contributed by atoms with van der Waals surface area (Å²) in [6.45, 7) is 0.921. The molecular weight excluding hydrogens is 310 g/mol. The highest BCUT2D eigenvalue weighted by Crippen LogP contribution is 2.18. The summed E-state index contributed by atoms with van der Waals surface area (Å²) in [6, 6.07) is 17.5. The fourth-order valence-corrected chi connectivity index (χ4v) is 2.75. The Morgan fingerprint density at radius 1 is 1.09 bits per heavy atom. The lowest BCUT2D eigenvalue weighted by molar-refractivity contribution is -0.118. The summed E-state index contributed by atoms with van der Waals surface area (Å²) >= 11 is 1.60. The highest BCUT2D eigenvalue weighted by molar-refractivity contribution is 7.99. The van der Waals surface area contributed by atoms with Gasteiger partial charge in [0.1, 0.15) is 18.1 Å². The smallest absolute Gasteiger partial charge is 0.230 e. The molecule has 0 heterocycles. The number of rotatable bonds is 9. The lowest BCUT2D eigenvalue weighted by Crippen LogP contribution is -2.29. The molecule has 0 fully saturated rings. The molecule has 2 aromatic carbocycles. The zero-order valence-corrected chi connectivity index (χ0v) is 14.0. The van der Waals surface area contributed by atoms with Gasteiger partial charge in [-0.3, -0.25) is 4.79 Å². The van der Waals surface area contributed by atoms with Crippen LogP contribution in [0, 0.1) is 0 Å². The van der Waals surface area contributed by atoms with Gasteiger partial charge in [-0.25, -0.2) is 0 Å².